The van der Waals surface area contributed by atoms with E-state index in [4.69, 9.17) is 28.4 Å². The number of carbonyl (C=O) groups is 1. The van der Waals surface area contributed by atoms with Crippen molar-refractivity contribution in [1.82, 2.24) is 0 Å². The first-order valence-electron chi connectivity index (χ1n) is 14.1. The van der Waals surface area contributed by atoms with Crippen molar-refractivity contribution in [2.45, 2.75) is 57.1 Å². The number of esters is 1. The smallest absolute Gasteiger partial charge is 0.338 e. The Bertz CT molecular complexity index is 1340. The highest BCUT2D eigenvalue weighted by molar-refractivity contribution is 5.76. The Labute approximate surface area is 246 Å². The summed E-state index contributed by atoms with van der Waals surface area (Å²) < 4.78 is 37.1. The molecule has 0 unspecified atom stereocenters. The zero-order valence-electron chi connectivity index (χ0n) is 23.6. The summed E-state index contributed by atoms with van der Waals surface area (Å²) in [5, 5.41) is 0. The summed E-state index contributed by atoms with van der Waals surface area (Å²) in [7, 11) is 1.52. The Morgan fingerprint density at radius 2 is 0.929 bits per heavy atom. The van der Waals surface area contributed by atoms with Crippen LogP contribution < -0.4 is 0 Å². The fourth-order valence-electron chi connectivity index (χ4n) is 4.85. The van der Waals surface area contributed by atoms with Gasteiger partial charge < -0.3 is 28.4 Å². The minimum Gasteiger partial charge on any atom is -0.459 e. The van der Waals surface area contributed by atoms with Gasteiger partial charge in [-0.05, 0) is 22.3 Å². The fraction of sp³-hybridized carbons (Fsp3) is 0.286. The molecule has 1 aliphatic heterocycles. The molecule has 0 saturated carbocycles. The molecule has 1 aliphatic rings. The predicted octanol–water partition coefficient (Wildman–Crippen LogP) is 5.86. The van der Waals surface area contributed by atoms with Crippen molar-refractivity contribution in [2.75, 3.05) is 7.11 Å². The third-order valence-corrected chi connectivity index (χ3v) is 7.04. The van der Waals surface area contributed by atoms with Gasteiger partial charge in [-0.1, -0.05) is 121 Å². The van der Waals surface area contributed by atoms with Gasteiger partial charge in [0.15, 0.2) is 12.4 Å². The van der Waals surface area contributed by atoms with Gasteiger partial charge in [-0.15, -0.1) is 0 Å². The van der Waals surface area contributed by atoms with Crippen molar-refractivity contribution in [2.24, 2.45) is 0 Å². The van der Waals surface area contributed by atoms with Gasteiger partial charge in [0.25, 0.3) is 0 Å². The molecule has 1 fully saturated rings. The molecule has 0 N–H and O–H groups in total. The minimum atomic E-state index is -1.11. The standard InChI is InChI=1S/C35H36O7/c1-37-35-33(40-24-28-18-10-4-11-19-28)31(39-23-27-16-8-3-9-17-27)30(38-22-26-14-6-2-7-15-26)32(42-35)34(36)41-25-29-20-12-5-13-21-29/h2-21,30-33,35H,22-25H2,1H3/t30-,31-,32-,33+,35+/m0/s1. The SMILES string of the molecule is CO[C@@H]1O[C@H](C(=O)OCc2ccccc2)[C@@H](OCc2ccccc2)[C@H](OCc2ccccc2)[C@H]1OCc1ccccc1. The van der Waals surface area contributed by atoms with Crippen LogP contribution in [-0.2, 0) is 59.6 Å². The van der Waals surface area contributed by atoms with Gasteiger partial charge in [0.2, 0.25) is 0 Å². The van der Waals surface area contributed by atoms with Crippen LogP contribution in [0, 0.1) is 0 Å². The van der Waals surface area contributed by atoms with Gasteiger partial charge in [-0.2, -0.15) is 0 Å². The molecule has 7 heteroatoms. The van der Waals surface area contributed by atoms with Crippen LogP contribution in [-0.4, -0.2) is 43.8 Å². The number of methoxy groups -OCH3 is 1. The van der Waals surface area contributed by atoms with E-state index in [1.165, 1.54) is 7.11 Å². The second-order valence-corrected chi connectivity index (χ2v) is 10.0. The molecule has 42 heavy (non-hydrogen) atoms. The quantitative estimate of drug-likeness (QED) is 0.187. The number of benzene rings is 4. The molecular formula is C35H36O7. The van der Waals surface area contributed by atoms with Gasteiger partial charge >= 0.3 is 5.97 Å². The van der Waals surface area contributed by atoms with Crippen molar-refractivity contribution in [3.8, 4) is 0 Å². The van der Waals surface area contributed by atoms with E-state index in [2.05, 4.69) is 0 Å². The summed E-state index contributed by atoms with van der Waals surface area (Å²) in [4.78, 5) is 13.6. The number of hydrogen-bond donors (Lipinski definition) is 0. The van der Waals surface area contributed by atoms with Gasteiger partial charge in [0.1, 0.15) is 24.9 Å². The van der Waals surface area contributed by atoms with Crippen LogP contribution in [0.1, 0.15) is 22.3 Å². The Balaban J connectivity index is 1.42. The van der Waals surface area contributed by atoms with Gasteiger partial charge in [-0.3, -0.25) is 0 Å². The van der Waals surface area contributed by atoms with E-state index < -0.39 is 36.7 Å². The first kappa shape index (κ1) is 29.6. The second-order valence-electron chi connectivity index (χ2n) is 10.0. The molecule has 4 aromatic rings. The highest BCUT2D eigenvalue weighted by Crippen LogP contribution is 2.31. The predicted molar refractivity (Wildman–Crippen MR) is 157 cm³/mol. The van der Waals surface area contributed by atoms with Crippen molar-refractivity contribution < 1.29 is 33.2 Å². The summed E-state index contributed by atoms with van der Waals surface area (Å²) in [5.74, 6) is -0.561. The van der Waals surface area contributed by atoms with Gasteiger partial charge in [0, 0.05) is 7.11 Å². The molecule has 7 nitrogen and oxygen atoms in total. The molecule has 0 radical (unpaired) electrons. The van der Waals surface area contributed by atoms with E-state index in [9.17, 15) is 4.79 Å². The summed E-state index contributed by atoms with van der Waals surface area (Å²) in [5.41, 5.74) is 3.78. The van der Waals surface area contributed by atoms with Crippen molar-refractivity contribution in [3.63, 3.8) is 0 Å². The van der Waals surface area contributed by atoms with Crippen LogP contribution in [0.5, 0.6) is 0 Å². The molecule has 0 spiro atoms. The highest BCUT2D eigenvalue weighted by Gasteiger charge is 2.52. The van der Waals surface area contributed by atoms with E-state index >= 15 is 0 Å². The summed E-state index contributed by atoms with van der Waals surface area (Å²) in [6, 6.07) is 38.9. The van der Waals surface area contributed by atoms with Crippen LogP contribution in [0.4, 0.5) is 0 Å². The molecule has 0 amide bonds. The molecule has 0 aromatic heterocycles. The molecule has 0 aliphatic carbocycles. The van der Waals surface area contributed by atoms with Crippen LogP contribution in [0.15, 0.2) is 121 Å². The van der Waals surface area contributed by atoms with Crippen LogP contribution in [0.3, 0.4) is 0 Å². The molecule has 5 atom stereocenters. The van der Waals surface area contributed by atoms with Crippen molar-refractivity contribution in [1.29, 1.82) is 0 Å². The maximum absolute atomic E-state index is 13.6. The lowest BCUT2D eigenvalue weighted by Crippen LogP contribution is -2.62. The lowest BCUT2D eigenvalue weighted by Gasteiger charge is -2.44. The van der Waals surface area contributed by atoms with Crippen LogP contribution >= 0.6 is 0 Å². The molecule has 4 aromatic carbocycles. The highest BCUT2D eigenvalue weighted by atomic mass is 16.7. The fourth-order valence-corrected chi connectivity index (χ4v) is 4.85. The number of carbonyl (C=O) groups excluding carboxylic acids is 1. The first-order valence-corrected chi connectivity index (χ1v) is 14.1. The Morgan fingerprint density at radius 1 is 0.548 bits per heavy atom. The molecular weight excluding hydrogens is 532 g/mol. The average Bonchev–Trinajstić information content (AvgIpc) is 3.06. The Kier molecular flexibility index (Phi) is 10.9. The van der Waals surface area contributed by atoms with Crippen LogP contribution in [0.2, 0.25) is 0 Å². The van der Waals surface area contributed by atoms with Crippen LogP contribution in [0.25, 0.3) is 0 Å². The van der Waals surface area contributed by atoms with E-state index in [1.54, 1.807) is 0 Å². The van der Waals surface area contributed by atoms with E-state index in [1.807, 2.05) is 121 Å². The third-order valence-electron chi connectivity index (χ3n) is 7.04. The van der Waals surface area contributed by atoms with E-state index in [-0.39, 0.29) is 19.8 Å². The lowest BCUT2D eigenvalue weighted by atomic mass is 9.97. The van der Waals surface area contributed by atoms with Gasteiger partial charge in [0.05, 0.1) is 19.8 Å². The number of hydrogen-bond acceptors (Lipinski definition) is 7. The molecule has 1 heterocycles. The first-order chi connectivity index (χ1) is 20.7. The second kappa shape index (κ2) is 15.4. The maximum atomic E-state index is 13.6. The zero-order valence-corrected chi connectivity index (χ0v) is 23.6. The maximum Gasteiger partial charge on any atom is 0.338 e. The van der Waals surface area contributed by atoms with E-state index in [0.717, 1.165) is 22.3 Å². The Morgan fingerprint density at radius 3 is 1.36 bits per heavy atom. The number of ether oxygens (including phenoxy) is 6. The monoisotopic (exact) mass is 568 g/mol. The summed E-state index contributed by atoms with van der Waals surface area (Å²) >= 11 is 0. The lowest BCUT2D eigenvalue weighted by molar-refractivity contribution is -0.315. The third kappa shape index (κ3) is 8.12. The van der Waals surface area contributed by atoms with Crippen molar-refractivity contribution >= 4 is 5.97 Å². The molecule has 1 saturated heterocycles. The van der Waals surface area contributed by atoms with Crippen molar-refractivity contribution in [3.05, 3.63) is 144 Å². The normalized spacial score (nSPS) is 22.0. The minimum absolute atomic E-state index is 0.103. The number of rotatable bonds is 13. The molecule has 5 rings (SSSR count). The van der Waals surface area contributed by atoms with Gasteiger partial charge in [-0.25, -0.2) is 4.79 Å². The summed E-state index contributed by atoms with van der Waals surface area (Å²) in [6.45, 7) is 0.927. The Hall–Kier alpha value is -3.85. The summed E-state index contributed by atoms with van der Waals surface area (Å²) in [6.07, 6.45) is -4.27. The average molecular weight is 569 g/mol. The molecule has 0 bridgehead atoms. The van der Waals surface area contributed by atoms with E-state index in [0.29, 0.717) is 6.61 Å². The largest absolute Gasteiger partial charge is 0.459 e. The molecule has 218 valence electrons. The zero-order chi connectivity index (χ0) is 29.0. The topological polar surface area (TPSA) is 72.5 Å².